The van der Waals surface area contributed by atoms with Crippen LogP contribution in [-0.2, 0) is 6.42 Å². The largest absolute Gasteiger partial charge is 0.314 e. The number of nitrogens with zero attached hydrogens (tertiary/aromatic N) is 1. The number of hydrogen-bond acceptors (Lipinski definition) is 4. The van der Waals surface area contributed by atoms with Gasteiger partial charge in [0.15, 0.2) is 5.78 Å². The SMILES string of the molecule is CCc1ccc(C(=O)CN2CCNCC2)s1. The molecule has 88 valence electrons. The lowest BCUT2D eigenvalue weighted by atomic mass is 10.2. The zero-order chi connectivity index (χ0) is 11.4. The van der Waals surface area contributed by atoms with Crippen LogP contribution in [0, 0.1) is 0 Å². The number of piperazine rings is 1. The molecule has 1 N–H and O–H groups in total. The number of hydrogen-bond donors (Lipinski definition) is 1. The van der Waals surface area contributed by atoms with Gasteiger partial charge in [-0.3, -0.25) is 9.69 Å². The Morgan fingerprint density at radius 1 is 1.44 bits per heavy atom. The van der Waals surface area contributed by atoms with E-state index in [1.807, 2.05) is 6.07 Å². The zero-order valence-electron chi connectivity index (χ0n) is 9.66. The van der Waals surface area contributed by atoms with E-state index in [0.29, 0.717) is 6.54 Å². The third kappa shape index (κ3) is 2.90. The number of ketones is 1. The van der Waals surface area contributed by atoms with Crippen molar-refractivity contribution in [3.63, 3.8) is 0 Å². The average molecular weight is 238 g/mol. The minimum absolute atomic E-state index is 0.270. The first-order chi connectivity index (χ1) is 7.79. The van der Waals surface area contributed by atoms with Crippen molar-refractivity contribution < 1.29 is 4.79 Å². The lowest BCUT2D eigenvalue weighted by Crippen LogP contribution is -2.45. The Morgan fingerprint density at radius 3 is 2.81 bits per heavy atom. The Balaban J connectivity index is 1.91. The Hall–Kier alpha value is -0.710. The van der Waals surface area contributed by atoms with Gasteiger partial charge in [0.25, 0.3) is 0 Å². The first kappa shape index (κ1) is 11.8. The molecule has 0 unspecified atom stereocenters. The van der Waals surface area contributed by atoms with Gasteiger partial charge in [0, 0.05) is 31.1 Å². The van der Waals surface area contributed by atoms with E-state index in [9.17, 15) is 4.79 Å². The van der Waals surface area contributed by atoms with Crippen molar-refractivity contribution in [3.8, 4) is 0 Å². The fourth-order valence-corrected chi connectivity index (χ4v) is 2.75. The smallest absolute Gasteiger partial charge is 0.186 e. The summed E-state index contributed by atoms with van der Waals surface area (Å²) in [7, 11) is 0. The number of rotatable bonds is 4. The van der Waals surface area contributed by atoms with Gasteiger partial charge in [-0.15, -0.1) is 11.3 Å². The molecule has 0 atom stereocenters. The summed E-state index contributed by atoms with van der Waals surface area (Å²) in [6.07, 6.45) is 1.02. The van der Waals surface area contributed by atoms with Crippen LogP contribution in [0.3, 0.4) is 0 Å². The van der Waals surface area contributed by atoms with Crippen LogP contribution >= 0.6 is 11.3 Å². The van der Waals surface area contributed by atoms with Gasteiger partial charge in [-0.1, -0.05) is 6.92 Å². The number of Topliss-reactive ketones (excluding diaryl/α,β-unsaturated/α-hetero) is 1. The molecule has 0 aromatic carbocycles. The maximum atomic E-state index is 12.0. The Morgan fingerprint density at radius 2 is 2.19 bits per heavy atom. The summed E-state index contributed by atoms with van der Waals surface area (Å²) in [5.74, 6) is 0.270. The van der Waals surface area contributed by atoms with Gasteiger partial charge >= 0.3 is 0 Å². The van der Waals surface area contributed by atoms with Crippen LogP contribution in [0.25, 0.3) is 0 Å². The van der Waals surface area contributed by atoms with Crippen molar-refractivity contribution >= 4 is 17.1 Å². The van der Waals surface area contributed by atoms with Crippen molar-refractivity contribution in [2.24, 2.45) is 0 Å². The highest BCUT2D eigenvalue weighted by Gasteiger charge is 2.15. The second-order valence-electron chi connectivity index (χ2n) is 4.07. The molecule has 1 aliphatic heterocycles. The van der Waals surface area contributed by atoms with E-state index in [1.54, 1.807) is 11.3 Å². The van der Waals surface area contributed by atoms with Crippen molar-refractivity contribution in [1.29, 1.82) is 0 Å². The number of carbonyl (C=O) groups excluding carboxylic acids is 1. The molecular weight excluding hydrogens is 220 g/mol. The first-order valence-corrected chi connectivity index (χ1v) is 6.66. The van der Waals surface area contributed by atoms with Crippen molar-refractivity contribution in [3.05, 3.63) is 21.9 Å². The quantitative estimate of drug-likeness (QED) is 0.805. The van der Waals surface area contributed by atoms with E-state index < -0.39 is 0 Å². The van der Waals surface area contributed by atoms with E-state index in [2.05, 4.69) is 23.2 Å². The molecule has 0 spiro atoms. The second-order valence-corrected chi connectivity index (χ2v) is 5.24. The van der Waals surface area contributed by atoms with Crippen molar-refractivity contribution in [2.45, 2.75) is 13.3 Å². The maximum absolute atomic E-state index is 12.0. The molecule has 1 saturated heterocycles. The lowest BCUT2D eigenvalue weighted by molar-refractivity contribution is 0.0925. The first-order valence-electron chi connectivity index (χ1n) is 5.84. The Kier molecular flexibility index (Phi) is 4.09. The molecule has 0 aliphatic carbocycles. The van der Waals surface area contributed by atoms with Crippen LogP contribution in [0.4, 0.5) is 0 Å². The summed E-state index contributed by atoms with van der Waals surface area (Å²) in [5.41, 5.74) is 0. The maximum Gasteiger partial charge on any atom is 0.186 e. The molecule has 16 heavy (non-hydrogen) atoms. The number of carbonyl (C=O) groups is 1. The van der Waals surface area contributed by atoms with Gasteiger partial charge < -0.3 is 5.32 Å². The van der Waals surface area contributed by atoms with Crippen LogP contribution < -0.4 is 5.32 Å². The number of nitrogens with one attached hydrogen (secondary N) is 1. The van der Waals surface area contributed by atoms with E-state index in [1.165, 1.54) is 4.88 Å². The Labute approximate surface area is 100 Å². The predicted octanol–water partition coefficient (Wildman–Crippen LogP) is 1.40. The van der Waals surface area contributed by atoms with Gasteiger partial charge in [0.05, 0.1) is 11.4 Å². The summed E-state index contributed by atoms with van der Waals surface area (Å²) >= 11 is 1.64. The normalized spacial score (nSPS) is 17.6. The molecule has 0 bridgehead atoms. The minimum Gasteiger partial charge on any atom is -0.314 e. The molecule has 1 aromatic heterocycles. The van der Waals surface area contributed by atoms with E-state index in [0.717, 1.165) is 37.5 Å². The molecular formula is C12H18N2OS. The fraction of sp³-hybridized carbons (Fsp3) is 0.583. The molecule has 3 nitrogen and oxygen atoms in total. The van der Waals surface area contributed by atoms with Gasteiger partial charge in [-0.25, -0.2) is 0 Å². The third-order valence-electron chi connectivity index (χ3n) is 2.86. The molecule has 2 heterocycles. The number of thiophene rings is 1. The van der Waals surface area contributed by atoms with Gasteiger partial charge in [-0.05, 0) is 18.6 Å². The highest BCUT2D eigenvalue weighted by atomic mass is 32.1. The highest BCUT2D eigenvalue weighted by molar-refractivity contribution is 7.14. The summed E-state index contributed by atoms with van der Waals surface area (Å²) < 4.78 is 0. The summed E-state index contributed by atoms with van der Waals surface area (Å²) in [5, 5.41) is 3.29. The van der Waals surface area contributed by atoms with Crippen LogP contribution in [0.1, 0.15) is 21.5 Å². The average Bonchev–Trinajstić information content (AvgIpc) is 2.79. The minimum atomic E-state index is 0.270. The third-order valence-corrected chi connectivity index (χ3v) is 4.13. The predicted molar refractivity (Wildman–Crippen MR) is 67.3 cm³/mol. The van der Waals surface area contributed by atoms with E-state index >= 15 is 0 Å². The summed E-state index contributed by atoms with van der Waals surface area (Å²) in [6, 6.07) is 4.03. The summed E-state index contributed by atoms with van der Waals surface area (Å²) in [4.78, 5) is 16.4. The highest BCUT2D eigenvalue weighted by Crippen LogP contribution is 2.17. The molecule has 0 radical (unpaired) electrons. The Bertz CT molecular complexity index is 356. The summed E-state index contributed by atoms with van der Waals surface area (Å²) in [6.45, 7) is 6.66. The monoisotopic (exact) mass is 238 g/mol. The fourth-order valence-electron chi connectivity index (χ4n) is 1.87. The van der Waals surface area contributed by atoms with Crippen LogP contribution in [-0.4, -0.2) is 43.4 Å². The molecule has 1 aromatic rings. The van der Waals surface area contributed by atoms with E-state index in [4.69, 9.17) is 0 Å². The van der Waals surface area contributed by atoms with Crippen LogP contribution in [0.5, 0.6) is 0 Å². The molecule has 4 heteroatoms. The van der Waals surface area contributed by atoms with Crippen LogP contribution in [0.15, 0.2) is 12.1 Å². The topological polar surface area (TPSA) is 32.3 Å². The molecule has 2 rings (SSSR count). The molecule has 0 amide bonds. The van der Waals surface area contributed by atoms with Crippen LogP contribution in [0.2, 0.25) is 0 Å². The lowest BCUT2D eigenvalue weighted by Gasteiger charge is -2.26. The van der Waals surface area contributed by atoms with Crippen molar-refractivity contribution in [1.82, 2.24) is 10.2 Å². The zero-order valence-corrected chi connectivity index (χ0v) is 10.5. The van der Waals surface area contributed by atoms with Crippen molar-refractivity contribution in [2.75, 3.05) is 32.7 Å². The molecule has 1 fully saturated rings. The second kappa shape index (κ2) is 5.57. The van der Waals surface area contributed by atoms with Gasteiger partial charge in [0.1, 0.15) is 0 Å². The molecule has 1 aliphatic rings. The van der Waals surface area contributed by atoms with E-state index in [-0.39, 0.29) is 5.78 Å². The molecule has 0 saturated carbocycles. The standard InChI is InChI=1S/C12H18N2OS/c1-2-10-3-4-12(16-10)11(15)9-14-7-5-13-6-8-14/h3-4,13H,2,5-9H2,1H3. The van der Waals surface area contributed by atoms with Gasteiger partial charge in [-0.2, -0.15) is 0 Å². The number of aryl methyl sites for hydroxylation is 1. The van der Waals surface area contributed by atoms with Gasteiger partial charge in [0.2, 0.25) is 0 Å².